The van der Waals surface area contributed by atoms with E-state index in [2.05, 4.69) is 0 Å². The molecule has 0 aliphatic rings. The molecule has 0 fully saturated rings. The Kier molecular flexibility index (Phi) is 4.75. The van der Waals surface area contributed by atoms with Gasteiger partial charge >= 0.3 is 0 Å². The van der Waals surface area contributed by atoms with Crippen LogP contribution in [-0.4, -0.2) is 22.5 Å². The van der Waals surface area contributed by atoms with Gasteiger partial charge in [-0.25, -0.2) is 8.42 Å². The van der Waals surface area contributed by atoms with Crippen molar-refractivity contribution in [1.29, 1.82) is 0 Å². The van der Waals surface area contributed by atoms with E-state index in [0.29, 0.717) is 5.56 Å². The molecule has 90 valence electrons. The maximum atomic E-state index is 11.6. The summed E-state index contributed by atoms with van der Waals surface area (Å²) in [4.78, 5) is 0. The topological polar surface area (TPSA) is 54.4 Å². The summed E-state index contributed by atoms with van der Waals surface area (Å²) in [6.07, 6.45) is -0.967. The van der Waals surface area contributed by atoms with Gasteiger partial charge in [0, 0.05) is 5.75 Å². The number of sulfone groups is 1. The molecule has 2 unspecified atom stereocenters. The lowest BCUT2D eigenvalue weighted by molar-refractivity contribution is 0.197. The van der Waals surface area contributed by atoms with Crippen LogP contribution >= 0.6 is 22.6 Å². The van der Waals surface area contributed by atoms with Crippen LogP contribution in [0.15, 0.2) is 24.3 Å². The first-order valence-electron chi connectivity index (χ1n) is 4.98. The van der Waals surface area contributed by atoms with Crippen LogP contribution in [0.1, 0.15) is 24.2 Å². The molecule has 0 amide bonds. The van der Waals surface area contributed by atoms with E-state index in [0.717, 1.165) is 5.56 Å². The van der Waals surface area contributed by atoms with Crippen molar-refractivity contribution in [2.75, 3.05) is 5.75 Å². The number of rotatable bonds is 4. The normalized spacial score (nSPS) is 15.8. The Labute approximate surface area is 110 Å². The lowest BCUT2D eigenvalue weighted by atomic mass is 10.1. The highest BCUT2D eigenvalue weighted by Crippen LogP contribution is 2.27. The summed E-state index contributed by atoms with van der Waals surface area (Å²) >= 11 is 1.78. The van der Waals surface area contributed by atoms with Crippen molar-refractivity contribution in [2.45, 2.75) is 23.2 Å². The van der Waals surface area contributed by atoms with Crippen LogP contribution in [0.3, 0.4) is 0 Å². The molecule has 1 aromatic rings. The first-order chi connectivity index (χ1) is 7.38. The van der Waals surface area contributed by atoms with Gasteiger partial charge in [-0.15, -0.1) is 0 Å². The van der Waals surface area contributed by atoms with Crippen LogP contribution in [0.2, 0.25) is 0 Å². The van der Waals surface area contributed by atoms with Crippen molar-refractivity contribution in [3.63, 3.8) is 0 Å². The maximum absolute atomic E-state index is 11.6. The van der Waals surface area contributed by atoms with E-state index in [1.807, 2.05) is 19.1 Å². The van der Waals surface area contributed by atoms with Crippen molar-refractivity contribution in [3.05, 3.63) is 35.4 Å². The molecule has 16 heavy (non-hydrogen) atoms. The van der Waals surface area contributed by atoms with Gasteiger partial charge in [0.1, 0.15) is 9.36 Å². The molecule has 1 aromatic carbocycles. The Morgan fingerprint density at radius 1 is 1.31 bits per heavy atom. The van der Waals surface area contributed by atoms with Gasteiger partial charge in [0.15, 0.2) is 9.84 Å². The first kappa shape index (κ1) is 13.9. The molecular formula is C11H15IO3S. The smallest absolute Gasteiger partial charge is 0.164 e. The van der Waals surface area contributed by atoms with Gasteiger partial charge in [0.05, 0.1) is 0 Å². The monoisotopic (exact) mass is 354 g/mol. The van der Waals surface area contributed by atoms with Crippen LogP contribution in [0.4, 0.5) is 0 Å². The van der Waals surface area contributed by atoms with Gasteiger partial charge in [0.25, 0.3) is 0 Å². The molecule has 0 spiro atoms. The van der Waals surface area contributed by atoms with Crippen LogP contribution < -0.4 is 0 Å². The van der Waals surface area contributed by atoms with E-state index in [1.165, 1.54) is 0 Å². The molecule has 0 radical (unpaired) electrons. The quantitative estimate of drug-likeness (QED) is 0.667. The first-order valence-corrected chi connectivity index (χ1v) is 7.95. The molecule has 0 aliphatic carbocycles. The highest BCUT2D eigenvalue weighted by atomic mass is 127. The Bertz CT molecular complexity index is 439. The molecule has 0 aromatic heterocycles. The Morgan fingerprint density at radius 2 is 1.81 bits per heavy atom. The van der Waals surface area contributed by atoms with Gasteiger partial charge in [-0.3, -0.25) is 0 Å². The van der Waals surface area contributed by atoms with Crippen molar-refractivity contribution in [1.82, 2.24) is 0 Å². The number of benzene rings is 1. The third-order valence-electron chi connectivity index (χ3n) is 2.41. The molecule has 0 saturated heterocycles. The molecule has 3 nitrogen and oxygen atoms in total. The maximum Gasteiger partial charge on any atom is 0.164 e. The summed E-state index contributed by atoms with van der Waals surface area (Å²) in [6, 6.07) is 7.24. The van der Waals surface area contributed by atoms with Gasteiger partial charge < -0.3 is 5.11 Å². The Hall–Kier alpha value is -0.140. The predicted octanol–water partition coefficient (Wildman–Crippen LogP) is 2.22. The SMILES string of the molecule is CCS(=O)(=O)C(I)C(O)c1ccc(C)cc1. The molecule has 0 saturated carbocycles. The van der Waals surface area contributed by atoms with Crippen molar-refractivity contribution < 1.29 is 13.5 Å². The lowest BCUT2D eigenvalue weighted by Crippen LogP contribution is -2.24. The van der Waals surface area contributed by atoms with Gasteiger partial charge in [-0.05, 0) is 12.5 Å². The summed E-state index contributed by atoms with van der Waals surface area (Å²) in [5.41, 5.74) is 1.72. The van der Waals surface area contributed by atoms with Crippen molar-refractivity contribution >= 4 is 32.4 Å². The van der Waals surface area contributed by atoms with Crippen molar-refractivity contribution in [3.8, 4) is 0 Å². The highest BCUT2D eigenvalue weighted by Gasteiger charge is 2.29. The number of hydrogen-bond acceptors (Lipinski definition) is 3. The number of aryl methyl sites for hydroxylation is 1. The van der Waals surface area contributed by atoms with E-state index in [-0.39, 0.29) is 5.75 Å². The molecular weight excluding hydrogens is 339 g/mol. The van der Waals surface area contributed by atoms with Crippen LogP contribution in [-0.2, 0) is 9.84 Å². The van der Waals surface area contributed by atoms with Crippen molar-refractivity contribution in [2.24, 2.45) is 0 Å². The average Bonchev–Trinajstić information content (AvgIpc) is 2.28. The van der Waals surface area contributed by atoms with E-state index in [1.54, 1.807) is 41.6 Å². The molecule has 0 bridgehead atoms. The lowest BCUT2D eigenvalue weighted by Gasteiger charge is -2.17. The minimum absolute atomic E-state index is 0.0452. The number of aliphatic hydroxyl groups is 1. The van der Waals surface area contributed by atoms with E-state index < -0.39 is 19.2 Å². The third-order valence-corrected chi connectivity index (χ3v) is 7.17. The molecule has 1 rings (SSSR count). The molecule has 0 heterocycles. The fourth-order valence-corrected chi connectivity index (χ4v) is 3.63. The number of alkyl halides is 1. The summed E-state index contributed by atoms with van der Waals surface area (Å²) in [5, 5.41) is 9.96. The molecule has 0 aliphatic heterocycles. The van der Waals surface area contributed by atoms with Crippen LogP contribution in [0.25, 0.3) is 0 Å². The van der Waals surface area contributed by atoms with E-state index in [9.17, 15) is 13.5 Å². The molecule has 5 heteroatoms. The third kappa shape index (κ3) is 3.18. The number of aliphatic hydroxyl groups excluding tert-OH is 1. The molecule has 2 atom stereocenters. The largest absolute Gasteiger partial charge is 0.386 e. The molecule has 1 N–H and O–H groups in total. The minimum atomic E-state index is -3.22. The van der Waals surface area contributed by atoms with Gasteiger partial charge in [-0.1, -0.05) is 59.3 Å². The zero-order chi connectivity index (χ0) is 12.3. The summed E-state index contributed by atoms with van der Waals surface area (Å²) in [5.74, 6) is 0.0452. The van der Waals surface area contributed by atoms with Crippen LogP contribution in [0.5, 0.6) is 0 Å². The fourth-order valence-electron chi connectivity index (χ4n) is 1.27. The van der Waals surface area contributed by atoms with E-state index in [4.69, 9.17) is 0 Å². The fraction of sp³-hybridized carbons (Fsp3) is 0.455. The second kappa shape index (κ2) is 5.46. The number of halogens is 1. The van der Waals surface area contributed by atoms with Crippen LogP contribution in [0, 0.1) is 6.92 Å². The summed E-state index contributed by atoms with van der Waals surface area (Å²) in [6.45, 7) is 3.53. The highest BCUT2D eigenvalue weighted by molar-refractivity contribution is 14.1. The number of hydrogen-bond donors (Lipinski definition) is 1. The standard InChI is InChI=1S/C11H15IO3S/c1-3-16(14,15)11(12)10(13)9-6-4-8(2)5-7-9/h4-7,10-11,13H,3H2,1-2H3. The minimum Gasteiger partial charge on any atom is -0.386 e. The summed E-state index contributed by atoms with van der Waals surface area (Å²) in [7, 11) is -3.22. The Morgan fingerprint density at radius 3 is 2.25 bits per heavy atom. The second-order valence-corrected chi connectivity index (χ2v) is 8.26. The second-order valence-electron chi connectivity index (χ2n) is 3.66. The summed E-state index contributed by atoms with van der Waals surface area (Å²) < 4.78 is 22.4. The van der Waals surface area contributed by atoms with E-state index >= 15 is 0 Å². The van der Waals surface area contributed by atoms with Gasteiger partial charge in [0.2, 0.25) is 0 Å². The zero-order valence-corrected chi connectivity index (χ0v) is 12.2. The average molecular weight is 354 g/mol. The predicted molar refractivity (Wildman–Crippen MR) is 73.4 cm³/mol. The van der Waals surface area contributed by atoms with Gasteiger partial charge in [-0.2, -0.15) is 0 Å². The zero-order valence-electron chi connectivity index (χ0n) is 9.22. The Balaban J connectivity index is 2.94.